The molecule has 0 saturated carbocycles. The molecule has 0 N–H and O–H groups in total. The molecule has 0 atom stereocenters. The summed E-state index contributed by atoms with van der Waals surface area (Å²) in [5, 5.41) is 0. The largest absolute Gasteiger partial charge is 0.468 e. The van der Waals surface area contributed by atoms with E-state index in [1.54, 1.807) is 0 Å². The van der Waals surface area contributed by atoms with Gasteiger partial charge in [-0.3, -0.25) is 9.69 Å². The van der Waals surface area contributed by atoms with E-state index in [1.807, 2.05) is 20.9 Å². The molecule has 0 bridgehead atoms. The van der Waals surface area contributed by atoms with Gasteiger partial charge in [-0.15, -0.1) is 0 Å². The summed E-state index contributed by atoms with van der Waals surface area (Å²) in [5.41, 5.74) is -0.532. The maximum absolute atomic E-state index is 11.7. The Labute approximate surface area is 98.5 Å². The summed E-state index contributed by atoms with van der Waals surface area (Å²) >= 11 is 0. The van der Waals surface area contributed by atoms with E-state index in [4.69, 9.17) is 4.74 Å². The molecule has 1 aliphatic heterocycles. The zero-order valence-electron chi connectivity index (χ0n) is 11.1. The molecule has 1 heterocycles. The van der Waals surface area contributed by atoms with Crippen molar-refractivity contribution in [1.82, 2.24) is 9.80 Å². The van der Waals surface area contributed by atoms with Crippen LogP contribution in [0.4, 0.5) is 0 Å². The number of piperidine rings is 1. The number of hydrogen-bond donors (Lipinski definition) is 0. The predicted octanol–water partition coefficient (Wildman–Crippen LogP) is 0.964. The van der Waals surface area contributed by atoms with Gasteiger partial charge in [-0.05, 0) is 53.9 Å². The minimum Gasteiger partial charge on any atom is -0.468 e. The van der Waals surface area contributed by atoms with E-state index >= 15 is 0 Å². The van der Waals surface area contributed by atoms with E-state index in [0.717, 1.165) is 25.9 Å². The van der Waals surface area contributed by atoms with Crippen molar-refractivity contribution in [2.45, 2.75) is 38.3 Å². The number of rotatable bonds is 3. The molecular formula is C12H24N2O2. The second-order valence-electron chi connectivity index (χ2n) is 5.20. The molecule has 1 saturated heterocycles. The van der Waals surface area contributed by atoms with Gasteiger partial charge in [-0.1, -0.05) is 0 Å². The number of carbonyl (C=O) groups is 1. The van der Waals surface area contributed by atoms with Gasteiger partial charge in [0.15, 0.2) is 0 Å². The highest BCUT2D eigenvalue weighted by atomic mass is 16.5. The van der Waals surface area contributed by atoms with Crippen LogP contribution in [0.15, 0.2) is 0 Å². The number of nitrogens with zero attached hydrogens (tertiary/aromatic N) is 2. The summed E-state index contributed by atoms with van der Waals surface area (Å²) in [7, 11) is 5.61. The lowest BCUT2D eigenvalue weighted by Crippen LogP contribution is -2.55. The Bertz CT molecular complexity index is 245. The highest BCUT2D eigenvalue weighted by Crippen LogP contribution is 2.23. The maximum Gasteiger partial charge on any atom is 0.325 e. The third-order valence-corrected chi connectivity index (χ3v) is 3.80. The molecule has 94 valence electrons. The van der Waals surface area contributed by atoms with Gasteiger partial charge in [0.2, 0.25) is 0 Å². The molecule has 0 amide bonds. The summed E-state index contributed by atoms with van der Waals surface area (Å²) in [6, 6.07) is 0.477. The first-order valence-corrected chi connectivity index (χ1v) is 5.89. The van der Waals surface area contributed by atoms with Crippen LogP contribution in [0.3, 0.4) is 0 Å². The molecule has 1 aliphatic rings. The Morgan fingerprint density at radius 2 is 1.88 bits per heavy atom. The third-order valence-electron chi connectivity index (χ3n) is 3.80. The van der Waals surface area contributed by atoms with E-state index in [-0.39, 0.29) is 5.97 Å². The number of esters is 1. The van der Waals surface area contributed by atoms with Gasteiger partial charge in [0.25, 0.3) is 0 Å². The van der Waals surface area contributed by atoms with Gasteiger partial charge in [0.1, 0.15) is 5.54 Å². The lowest BCUT2D eigenvalue weighted by Gasteiger charge is -2.42. The van der Waals surface area contributed by atoms with Gasteiger partial charge < -0.3 is 9.64 Å². The van der Waals surface area contributed by atoms with Crippen molar-refractivity contribution in [2.75, 3.05) is 34.3 Å². The monoisotopic (exact) mass is 228 g/mol. The molecular weight excluding hydrogens is 204 g/mol. The Morgan fingerprint density at radius 1 is 1.38 bits per heavy atom. The van der Waals surface area contributed by atoms with Gasteiger partial charge in [-0.25, -0.2) is 0 Å². The number of carbonyl (C=O) groups excluding carboxylic acids is 1. The van der Waals surface area contributed by atoms with Crippen LogP contribution in [0.25, 0.3) is 0 Å². The normalized spacial score (nSPS) is 20.1. The summed E-state index contributed by atoms with van der Waals surface area (Å²) in [5.74, 6) is -0.158. The van der Waals surface area contributed by atoms with Crippen molar-refractivity contribution in [2.24, 2.45) is 0 Å². The Kier molecular flexibility index (Phi) is 4.33. The van der Waals surface area contributed by atoms with Crippen molar-refractivity contribution in [1.29, 1.82) is 0 Å². The Morgan fingerprint density at radius 3 is 2.31 bits per heavy atom. The summed E-state index contributed by atoms with van der Waals surface area (Å²) in [4.78, 5) is 16.2. The van der Waals surface area contributed by atoms with Crippen molar-refractivity contribution in [3.8, 4) is 0 Å². The lowest BCUT2D eigenvalue weighted by atomic mass is 9.96. The summed E-state index contributed by atoms with van der Waals surface area (Å²) < 4.78 is 4.86. The standard InChI is InChI=1S/C12H24N2O2/c1-12(2,11(15)16-5)14(4)10-6-8-13(3)9-7-10/h10H,6-9H2,1-5H3. The zero-order chi connectivity index (χ0) is 12.3. The first-order chi connectivity index (χ1) is 7.39. The van der Waals surface area contributed by atoms with Crippen LogP contribution in [0.2, 0.25) is 0 Å². The molecule has 16 heavy (non-hydrogen) atoms. The molecule has 0 aromatic heterocycles. The average Bonchev–Trinajstić information content (AvgIpc) is 2.28. The van der Waals surface area contributed by atoms with Crippen molar-refractivity contribution in [3.05, 3.63) is 0 Å². The minimum atomic E-state index is -0.532. The Hall–Kier alpha value is -0.610. The van der Waals surface area contributed by atoms with Crippen LogP contribution in [0.5, 0.6) is 0 Å². The highest BCUT2D eigenvalue weighted by molar-refractivity contribution is 5.79. The molecule has 1 rings (SSSR count). The molecule has 0 aromatic carbocycles. The Balaban J connectivity index is 2.62. The molecule has 1 fully saturated rings. The molecule has 0 unspecified atom stereocenters. The van der Waals surface area contributed by atoms with Crippen molar-refractivity contribution < 1.29 is 9.53 Å². The molecule has 4 nitrogen and oxygen atoms in total. The molecule has 4 heteroatoms. The predicted molar refractivity (Wildman–Crippen MR) is 64.4 cm³/mol. The lowest BCUT2D eigenvalue weighted by molar-refractivity contribution is -0.154. The first kappa shape index (κ1) is 13.5. The molecule has 0 spiro atoms. The van der Waals surface area contributed by atoms with E-state index in [1.165, 1.54) is 7.11 Å². The zero-order valence-corrected chi connectivity index (χ0v) is 11.1. The van der Waals surface area contributed by atoms with Gasteiger partial charge in [0.05, 0.1) is 7.11 Å². The van der Waals surface area contributed by atoms with Crippen LogP contribution < -0.4 is 0 Å². The first-order valence-electron chi connectivity index (χ1n) is 5.89. The van der Waals surface area contributed by atoms with E-state index in [9.17, 15) is 4.79 Å². The quantitative estimate of drug-likeness (QED) is 0.674. The van der Waals surface area contributed by atoms with E-state index in [0.29, 0.717) is 6.04 Å². The van der Waals surface area contributed by atoms with Crippen molar-refractivity contribution in [3.63, 3.8) is 0 Å². The van der Waals surface area contributed by atoms with Crippen LogP contribution >= 0.6 is 0 Å². The van der Waals surface area contributed by atoms with Crippen molar-refractivity contribution >= 4 is 5.97 Å². The summed E-state index contributed by atoms with van der Waals surface area (Å²) in [6.07, 6.45) is 2.24. The highest BCUT2D eigenvalue weighted by Gasteiger charge is 2.37. The van der Waals surface area contributed by atoms with Crippen LogP contribution in [-0.4, -0.2) is 61.6 Å². The average molecular weight is 228 g/mol. The number of likely N-dealkylation sites (tertiary alicyclic amines) is 1. The van der Waals surface area contributed by atoms with Gasteiger partial charge in [0, 0.05) is 6.04 Å². The fourth-order valence-electron chi connectivity index (χ4n) is 2.23. The van der Waals surface area contributed by atoms with E-state index < -0.39 is 5.54 Å². The SMILES string of the molecule is COC(=O)C(C)(C)N(C)C1CCN(C)CC1. The van der Waals surface area contributed by atoms with Gasteiger partial charge >= 0.3 is 5.97 Å². The molecule has 0 radical (unpaired) electrons. The molecule has 0 aromatic rings. The number of hydrogen-bond acceptors (Lipinski definition) is 4. The van der Waals surface area contributed by atoms with E-state index in [2.05, 4.69) is 16.8 Å². The van der Waals surface area contributed by atoms with Crippen LogP contribution in [0.1, 0.15) is 26.7 Å². The van der Waals surface area contributed by atoms with Gasteiger partial charge in [-0.2, -0.15) is 0 Å². The second-order valence-corrected chi connectivity index (χ2v) is 5.20. The van der Waals surface area contributed by atoms with Crippen LogP contribution in [-0.2, 0) is 9.53 Å². The second kappa shape index (κ2) is 5.15. The summed E-state index contributed by atoms with van der Waals surface area (Å²) in [6.45, 7) is 6.06. The molecule has 0 aliphatic carbocycles. The number of likely N-dealkylation sites (N-methyl/N-ethyl adjacent to an activating group) is 1. The third kappa shape index (κ3) is 2.74. The smallest absolute Gasteiger partial charge is 0.325 e. The van der Waals surface area contributed by atoms with Crippen LogP contribution in [0, 0.1) is 0 Å². The maximum atomic E-state index is 11.7. The number of methoxy groups -OCH3 is 1. The number of ether oxygens (including phenoxy) is 1. The minimum absolute atomic E-state index is 0.158. The topological polar surface area (TPSA) is 32.8 Å². The fraction of sp³-hybridized carbons (Fsp3) is 0.917. The fourth-order valence-corrected chi connectivity index (χ4v) is 2.23.